The molecular formula is C38H45N11O7. The van der Waals surface area contributed by atoms with Gasteiger partial charge in [-0.05, 0) is 62.9 Å². The number of methoxy groups -OCH3 is 1. The second-order valence-electron chi connectivity index (χ2n) is 13.4. The largest absolute Gasteiger partial charge is 0.493 e. The van der Waals surface area contributed by atoms with E-state index < -0.39 is 11.5 Å². The molecular weight excluding hydrogens is 722 g/mol. The van der Waals surface area contributed by atoms with Crippen molar-refractivity contribution in [2.24, 2.45) is 11.7 Å². The van der Waals surface area contributed by atoms with Crippen LogP contribution in [0, 0.1) is 5.92 Å². The summed E-state index contributed by atoms with van der Waals surface area (Å²) in [6.45, 7) is 4.50. The Kier molecular flexibility index (Phi) is 12.9. The highest BCUT2D eigenvalue weighted by Gasteiger charge is 2.22. The van der Waals surface area contributed by atoms with Crippen LogP contribution in [0.2, 0.25) is 0 Å². The van der Waals surface area contributed by atoms with Crippen LogP contribution in [-0.2, 0) is 4.74 Å². The Labute approximate surface area is 320 Å². The van der Waals surface area contributed by atoms with Crippen LogP contribution >= 0.6 is 0 Å². The summed E-state index contributed by atoms with van der Waals surface area (Å²) in [5.74, 6) is 1.66. The zero-order chi connectivity index (χ0) is 39.6. The molecule has 0 bridgehead atoms. The maximum absolute atomic E-state index is 12.6. The number of aromatic nitrogens is 10. The standard InChI is InChI=1S/C19H21N5O3.C14H13N5O4.C5H11N/c1-2-27-15-10-12(14(25)9-11-5-3-4-6-11)7-8-13(15)17-20-18-16(19(26)21-17)22-24-23-18;1-3-23-9-6-7(14(21)22-2)4-5-8(9)11-15-12-10(13(20)16-11)17-19-18-12;6-5-3-1-2-4-5/h7-8,10-11H,2-6,9H2,1H3,(H2,20,21,22,23,24,26);4-6H,3H2,1-2H3,(H2,15,16,17,18,19,20);5H,1-4,6H2. The monoisotopic (exact) mass is 767 g/mol. The van der Waals surface area contributed by atoms with E-state index in [2.05, 4.69) is 50.8 Å². The number of nitrogens with two attached hydrogens (primary N) is 1. The molecule has 0 amide bonds. The number of esters is 1. The number of fused-ring (bicyclic) bond motifs is 2. The number of nitrogens with one attached hydrogen (secondary N) is 4. The van der Waals surface area contributed by atoms with Gasteiger partial charge in [0, 0.05) is 18.0 Å². The number of aromatic amines is 4. The number of H-pyrrole nitrogens is 4. The van der Waals surface area contributed by atoms with E-state index in [4.69, 9.17) is 19.9 Å². The Balaban J connectivity index is 0.000000167. The third kappa shape index (κ3) is 9.31. The first-order chi connectivity index (χ1) is 27.2. The first-order valence-electron chi connectivity index (χ1n) is 18.7. The molecule has 4 aromatic heterocycles. The zero-order valence-electron chi connectivity index (χ0n) is 31.5. The highest BCUT2D eigenvalue weighted by atomic mass is 16.5. The molecule has 4 heterocycles. The van der Waals surface area contributed by atoms with Crippen molar-refractivity contribution >= 4 is 34.1 Å². The molecule has 2 aliphatic rings. The molecule has 2 saturated carbocycles. The fourth-order valence-corrected chi connectivity index (χ4v) is 6.72. The summed E-state index contributed by atoms with van der Waals surface area (Å²) >= 11 is 0. The fourth-order valence-electron chi connectivity index (χ4n) is 6.72. The van der Waals surface area contributed by atoms with Crippen LogP contribution in [0.5, 0.6) is 11.5 Å². The Morgan fingerprint density at radius 2 is 1.20 bits per heavy atom. The van der Waals surface area contributed by atoms with Crippen molar-refractivity contribution in [2.75, 3.05) is 20.3 Å². The average Bonchev–Trinajstić information content (AvgIpc) is 4.05. The molecule has 6 aromatic rings. The third-order valence-corrected chi connectivity index (χ3v) is 9.55. The van der Waals surface area contributed by atoms with Crippen LogP contribution in [0.15, 0.2) is 46.0 Å². The van der Waals surface area contributed by atoms with Crippen molar-refractivity contribution in [3.8, 4) is 34.3 Å². The molecule has 2 aromatic carbocycles. The Bertz CT molecular complexity index is 2410. The molecule has 2 aliphatic carbocycles. The Morgan fingerprint density at radius 1 is 0.714 bits per heavy atom. The first-order valence-corrected chi connectivity index (χ1v) is 18.7. The minimum atomic E-state index is -0.481. The van der Waals surface area contributed by atoms with Crippen molar-refractivity contribution in [1.29, 1.82) is 0 Å². The lowest BCUT2D eigenvalue weighted by molar-refractivity contribution is 0.0600. The van der Waals surface area contributed by atoms with Crippen LogP contribution in [0.3, 0.4) is 0 Å². The number of ketones is 1. The summed E-state index contributed by atoms with van der Waals surface area (Å²) in [4.78, 5) is 62.4. The molecule has 18 heteroatoms. The number of hydrogen-bond acceptors (Lipinski definition) is 14. The van der Waals surface area contributed by atoms with Gasteiger partial charge in [-0.25, -0.2) is 14.8 Å². The summed E-state index contributed by atoms with van der Waals surface area (Å²) < 4.78 is 16.0. The van der Waals surface area contributed by atoms with E-state index in [1.165, 1.54) is 51.7 Å². The van der Waals surface area contributed by atoms with Crippen molar-refractivity contribution in [1.82, 2.24) is 50.8 Å². The van der Waals surface area contributed by atoms with Gasteiger partial charge in [-0.3, -0.25) is 14.4 Å². The highest BCUT2D eigenvalue weighted by Crippen LogP contribution is 2.33. The summed E-state index contributed by atoms with van der Waals surface area (Å²) in [5, 5.41) is 20.0. The summed E-state index contributed by atoms with van der Waals surface area (Å²) in [7, 11) is 1.30. The zero-order valence-corrected chi connectivity index (χ0v) is 31.5. The van der Waals surface area contributed by atoms with E-state index in [0.717, 1.165) is 12.8 Å². The lowest BCUT2D eigenvalue weighted by atomic mass is 9.96. The molecule has 0 saturated heterocycles. The van der Waals surface area contributed by atoms with Crippen molar-refractivity contribution in [3.63, 3.8) is 0 Å². The second kappa shape index (κ2) is 18.4. The fraction of sp³-hybridized carbons (Fsp3) is 0.421. The third-order valence-electron chi connectivity index (χ3n) is 9.55. The SMILES string of the molecule is CCOc1cc(C(=O)CC2CCCC2)ccc1-c1nc2n[nH]nc2c(=O)[nH]1.CCOc1cc(C(=O)OC)ccc1-c1nc2n[nH]nc2c(=O)[nH]1.NC1CCCC1. The van der Waals surface area contributed by atoms with Crippen LogP contribution < -0.4 is 26.3 Å². The molecule has 0 unspecified atom stereocenters. The van der Waals surface area contributed by atoms with Gasteiger partial charge in [-0.1, -0.05) is 44.6 Å². The van der Waals surface area contributed by atoms with Gasteiger partial charge in [0.25, 0.3) is 11.1 Å². The van der Waals surface area contributed by atoms with Gasteiger partial charge in [-0.2, -0.15) is 10.4 Å². The number of carbonyl (C=O) groups is 2. The first kappa shape index (κ1) is 39.4. The predicted molar refractivity (Wildman–Crippen MR) is 207 cm³/mol. The van der Waals surface area contributed by atoms with Crippen molar-refractivity contribution in [3.05, 3.63) is 68.2 Å². The molecule has 2 fully saturated rings. The number of nitrogens with zero attached hydrogens (tertiary/aromatic N) is 6. The molecule has 0 atom stereocenters. The summed E-state index contributed by atoms with van der Waals surface area (Å²) in [6, 6.07) is 10.5. The number of benzene rings is 2. The van der Waals surface area contributed by atoms with Gasteiger partial charge < -0.3 is 29.9 Å². The number of Topliss-reactive ketones (excluding diaryl/α,β-unsaturated/α-hetero) is 1. The summed E-state index contributed by atoms with van der Waals surface area (Å²) in [6.07, 6.45) is 10.5. The molecule has 0 spiro atoms. The van der Waals surface area contributed by atoms with E-state index in [9.17, 15) is 19.2 Å². The van der Waals surface area contributed by atoms with Gasteiger partial charge in [0.15, 0.2) is 16.8 Å². The maximum atomic E-state index is 12.6. The molecule has 0 radical (unpaired) electrons. The van der Waals surface area contributed by atoms with E-state index in [0.29, 0.717) is 71.2 Å². The number of rotatable bonds is 10. The van der Waals surface area contributed by atoms with Crippen LogP contribution in [0.1, 0.15) is 92.4 Å². The smallest absolute Gasteiger partial charge is 0.337 e. The van der Waals surface area contributed by atoms with E-state index in [1.807, 2.05) is 13.8 Å². The van der Waals surface area contributed by atoms with Gasteiger partial charge in [-0.15, -0.1) is 20.4 Å². The normalized spacial score (nSPS) is 14.2. The molecule has 294 valence electrons. The van der Waals surface area contributed by atoms with E-state index in [1.54, 1.807) is 30.3 Å². The number of carbonyl (C=O) groups excluding carboxylic acids is 2. The predicted octanol–water partition coefficient (Wildman–Crippen LogP) is 4.65. The Morgan fingerprint density at radius 3 is 1.66 bits per heavy atom. The van der Waals surface area contributed by atoms with Crippen molar-refractivity contribution in [2.45, 2.75) is 77.7 Å². The lowest BCUT2D eigenvalue weighted by Gasteiger charge is -2.12. The van der Waals surface area contributed by atoms with Crippen molar-refractivity contribution < 1.29 is 23.8 Å². The van der Waals surface area contributed by atoms with Crippen LogP contribution in [0.25, 0.3) is 45.1 Å². The minimum Gasteiger partial charge on any atom is -0.493 e. The second-order valence-corrected chi connectivity index (χ2v) is 13.4. The quantitative estimate of drug-likeness (QED) is 0.0939. The molecule has 56 heavy (non-hydrogen) atoms. The average molecular weight is 768 g/mol. The lowest BCUT2D eigenvalue weighted by Crippen LogP contribution is -2.13. The number of hydrogen-bond donors (Lipinski definition) is 5. The molecule has 0 aliphatic heterocycles. The molecule has 8 rings (SSSR count). The van der Waals surface area contributed by atoms with E-state index >= 15 is 0 Å². The van der Waals surface area contributed by atoms with Gasteiger partial charge >= 0.3 is 5.97 Å². The number of ether oxygens (including phenoxy) is 3. The van der Waals surface area contributed by atoms with Crippen LogP contribution in [-0.4, -0.2) is 88.9 Å². The molecule has 6 N–H and O–H groups in total. The molecule has 18 nitrogen and oxygen atoms in total. The topological polar surface area (TPSA) is 262 Å². The summed E-state index contributed by atoms with van der Waals surface area (Å²) in [5.41, 5.74) is 7.54. The maximum Gasteiger partial charge on any atom is 0.337 e. The highest BCUT2D eigenvalue weighted by molar-refractivity contribution is 5.97. The Hall–Kier alpha value is -6.30. The minimum absolute atomic E-state index is 0.123. The van der Waals surface area contributed by atoms with E-state index in [-0.39, 0.29) is 39.5 Å². The van der Waals surface area contributed by atoms with Crippen LogP contribution in [0.4, 0.5) is 0 Å². The van der Waals surface area contributed by atoms with Gasteiger partial charge in [0.05, 0.1) is 37.0 Å². The van der Waals surface area contributed by atoms with Gasteiger partial charge in [0.2, 0.25) is 11.3 Å². The van der Waals surface area contributed by atoms with Gasteiger partial charge in [0.1, 0.15) is 23.1 Å².